The van der Waals surface area contributed by atoms with Crippen LogP contribution in [0, 0.1) is 0 Å². The average molecular weight is 240 g/mol. The number of H-pyrrole nitrogens is 1. The Kier molecular flexibility index (Phi) is 2.33. The van der Waals surface area contributed by atoms with Crippen molar-refractivity contribution in [3.63, 3.8) is 0 Å². The maximum atomic E-state index is 5.90. The van der Waals surface area contributed by atoms with Crippen LogP contribution in [0.1, 0.15) is 11.4 Å². The lowest BCUT2D eigenvalue weighted by atomic mass is 10.1. The van der Waals surface area contributed by atoms with Gasteiger partial charge in [-0.2, -0.15) is 0 Å². The van der Waals surface area contributed by atoms with Crippen LogP contribution in [-0.2, 0) is 6.42 Å². The standard InChI is InChI=1S/C12H12N6/c13-8-4-2-1-3-7(8)5-9-17-10-11(14)15-6-16-12(10)18-9/h1-4,6H,5,13H2,(H3,14,15,16,17,18). The Balaban J connectivity index is 2.01. The summed E-state index contributed by atoms with van der Waals surface area (Å²) >= 11 is 0. The monoisotopic (exact) mass is 240 g/mol. The number of imidazole rings is 1. The fourth-order valence-electron chi connectivity index (χ4n) is 1.85. The summed E-state index contributed by atoms with van der Waals surface area (Å²) in [5.74, 6) is 1.18. The lowest BCUT2D eigenvalue weighted by molar-refractivity contribution is 1.04. The third kappa shape index (κ3) is 1.73. The number of nitrogen functional groups attached to an aromatic ring is 2. The number of aromatic nitrogens is 4. The molecule has 2 heterocycles. The molecule has 90 valence electrons. The van der Waals surface area contributed by atoms with E-state index < -0.39 is 0 Å². The second-order valence-electron chi connectivity index (χ2n) is 4.02. The molecule has 0 saturated carbocycles. The SMILES string of the molecule is Nc1ccccc1Cc1nc2ncnc(N)c2[nH]1. The van der Waals surface area contributed by atoms with Crippen LogP contribution in [0.3, 0.4) is 0 Å². The first kappa shape index (κ1) is 10.5. The van der Waals surface area contributed by atoms with Crippen LogP contribution < -0.4 is 11.5 Å². The van der Waals surface area contributed by atoms with E-state index in [1.54, 1.807) is 0 Å². The van der Waals surface area contributed by atoms with E-state index in [0.29, 0.717) is 23.4 Å². The second-order valence-corrected chi connectivity index (χ2v) is 4.02. The summed E-state index contributed by atoms with van der Waals surface area (Å²) in [6.07, 6.45) is 2.02. The maximum Gasteiger partial charge on any atom is 0.183 e. The Hall–Kier alpha value is -2.63. The van der Waals surface area contributed by atoms with Gasteiger partial charge in [-0.05, 0) is 11.6 Å². The van der Waals surface area contributed by atoms with E-state index in [-0.39, 0.29) is 0 Å². The molecular weight excluding hydrogens is 228 g/mol. The summed E-state index contributed by atoms with van der Waals surface area (Å²) in [6.45, 7) is 0. The molecule has 0 aliphatic rings. The summed E-state index contributed by atoms with van der Waals surface area (Å²) in [5, 5.41) is 0. The van der Waals surface area contributed by atoms with Crippen molar-refractivity contribution in [1.29, 1.82) is 0 Å². The van der Waals surface area contributed by atoms with Gasteiger partial charge in [-0.1, -0.05) is 18.2 Å². The quantitative estimate of drug-likeness (QED) is 0.582. The van der Waals surface area contributed by atoms with E-state index >= 15 is 0 Å². The van der Waals surface area contributed by atoms with E-state index in [4.69, 9.17) is 11.5 Å². The molecule has 18 heavy (non-hydrogen) atoms. The molecule has 6 nitrogen and oxygen atoms in total. The molecule has 0 fully saturated rings. The minimum atomic E-state index is 0.403. The van der Waals surface area contributed by atoms with Gasteiger partial charge >= 0.3 is 0 Å². The highest BCUT2D eigenvalue weighted by atomic mass is 15.0. The van der Waals surface area contributed by atoms with Gasteiger partial charge in [0, 0.05) is 12.1 Å². The van der Waals surface area contributed by atoms with Gasteiger partial charge < -0.3 is 16.5 Å². The highest BCUT2D eigenvalue weighted by Crippen LogP contribution is 2.18. The van der Waals surface area contributed by atoms with Crippen molar-refractivity contribution in [2.24, 2.45) is 0 Å². The average Bonchev–Trinajstić information content (AvgIpc) is 2.76. The number of aromatic amines is 1. The first-order valence-corrected chi connectivity index (χ1v) is 5.52. The van der Waals surface area contributed by atoms with Crippen LogP contribution in [0.15, 0.2) is 30.6 Å². The maximum absolute atomic E-state index is 5.90. The third-order valence-corrected chi connectivity index (χ3v) is 2.78. The van der Waals surface area contributed by atoms with Crippen molar-refractivity contribution in [2.45, 2.75) is 6.42 Å². The number of benzene rings is 1. The van der Waals surface area contributed by atoms with Crippen molar-refractivity contribution in [3.8, 4) is 0 Å². The molecule has 0 saturated heterocycles. The first-order valence-electron chi connectivity index (χ1n) is 5.52. The molecule has 0 atom stereocenters. The van der Waals surface area contributed by atoms with E-state index in [9.17, 15) is 0 Å². The number of rotatable bonds is 2. The Bertz CT molecular complexity index is 703. The first-order chi connectivity index (χ1) is 8.74. The molecular formula is C12H12N6. The van der Waals surface area contributed by atoms with Crippen LogP contribution in [0.5, 0.6) is 0 Å². The molecule has 3 rings (SSSR count). The van der Waals surface area contributed by atoms with E-state index in [0.717, 1.165) is 17.1 Å². The van der Waals surface area contributed by atoms with Crippen molar-refractivity contribution < 1.29 is 0 Å². The van der Waals surface area contributed by atoms with E-state index in [1.165, 1.54) is 6.33 Å². The molecule has 0 amide bonds. The Morgan fingerprint density at radius 2 is 1.94 bits per heavy atom. The fraction of sp³-hybridized carbons (Fsp3) is 0.0833. The van der Waals surface area contributed by atoms with Crippen LogP contribution in [0.4, 0.5) is 11.5 Å². The van der Waals surface area contributed by atoms with Gasteiger partial charge in [-0.15, -0.1) is 0 Å². The van der Waals surface area contributed by atoms with E-state index in [1.807, 2.05) is 24.3 Å². The lowest BCUT2D eigenvalue weighted by Crippen LogP contribution is -1.96. The van der Waals surface area contributed by atoms with Gasteiger partial charge in [-0.3, -0.25) is 0 Å². The molecule has 0 unspecified atom stereocenters. The number of nitrogens with zero attached hydrogens (tertiary/aromatic N) is 3. The summed E-state index contributed by atoms with van der Waals surface area (Å²) < 4.78 is 0. The zero-order chi connectivity index (χ0) is 12.5. The number of anilines is 2. The van der Waals surface area contributed by atoms with Crippen molar-refractivity contribution in [3.05, 3.63) is 42.0 Å². The molecule has 0 spiro atoms. The summed E-state index contributed by atoms with van der Waals surface area (Å²) in [5.41, 5.74) is 14.7. The number of nitrogens with one attached hydrogen (secondary N) is 1. The predicted molar refractivity (Wildman–Crippen MR) is 69.8 cm³/mol. The molecule has 0 bridgehead atoms. The van der Waals surface area contributed by atoms with Crippen molar-refractivity contribution in [1.82, 2.24) is 19.9 Å². The number of fused-ring (bicyclic) bond motifs is 1. The smallest absolute Gasteiger partial charge is 0.183 e. The highest BCUT2D eigenvalue weighted by Gasteiger charge is 2.08. The van der Waals surface area contributed by atoms with Gasteiger partial charge in [0.25, 0.3) is 0 Å². The zero-order valence-corrected chi connectivity index (χ0v) is 9.59. The number of nitrogens with two attached hydrogens (primary N) is 2. The molecule has 3 aromatic rings. The molecule has 2 aromatic heterocycles. The highest BCUT2D eigenvalue weighted by molar-refractivity contribution is 5.81. The van der Waals surface area contributed by atoms with Gasteiger partial charge in [0.05, 0.1) is 0 Å². The summed E-state index contributed by atoms with van der Waals surface area (Å²) in [7, 11) is 0. The number of para-hydroxylation sites is 1. The predicted octanol–water partition coefficient (Wildman–Crippen LogP) is 1.11. The topological polar surface area (TPSA) is 106 Å². The molecule has 0 aliphatic heterocycles. The van der Waals surface area contributed by atoms with Crippen molar-refractivity contribution in [2.75, 3.05) is 11.5 Å². The zero-order valence-electron chi connectivity index (χ0n) is 9.59. The minimum Gasteiger partial charge on any atom is -0.398 e. The van der Waals surface area contributed by atoms with Crippen LogP contribution in [-0.4, -0.2) is 19.9 Å². The van der Waals surface area contributed by atoms with Crippen LogP contribution in [0.2, 0.25) is 0 Å². The summed E-state index contributed by atoms with van der Waals surface area (Å²) in [6, 6.07) is 7.69. The Labute approximate surface area is 103 Å². The Morgan fingerprint density at radius 3 is 2.72 bits per heavy atom. The van der Waals surface area contributed by atoms with Crippen LogP contribution in [0.25, 0.3) is 11.2 Å². The van der Waals surface area contributed by atoms with Crippen LogP contribution >= 0.6 is 0 Å². The van der Waals surface area contributed by atoms with Gasteiger partial charge in [-0.25, -0.2) is 15.0 Å². The number of hydrogen-bond donors (Lipinski definition) is 3. The minimum absolute atomic E-state index is 0.403. The van der Waals surface area contributed by atoms with Gasteiger partial charge in [0.1, 0.15) is 17.7 Å². The molecule has 1 aromatic carbocycles. The number of hydrogen-bond acceptors (Lipinski definition) is 5. The molecule has 0 aliphatic carbocycles. The normalized spacial score (nSPS) is 10.9. The Morgan fingerprint density at radius 1 is 1.11 bits per heavy atom. The van der Waals surface area contributed by atoms with E-state index in [2.05, 4.69) is 19.9 Å². The van der Waals surface area contributed by atoms with Crippen molar-refractivity contribution >= 4 is 22.7 Å². The molecule has 6 heteroatoms. The summed E-state index contributed by atoms with van der Waals surface area (Å²) in [4.78, 5) is 15.5. The molecule has 5 N–H and O–H groups in total. The third-order valence-electron chi connectivity index (χ3n) is 2.78. The lowest BCUT2D eigenvalue weighted by Gasteiger charge is -2.01. The largest absolute Gasteiger partial charge is 0.398 e. The van der Waals surface area contributed by atoms with Gasteiger partial charge in [0.2, 0.25) is 0 Å². The fourth-order valence-corrected chi connectivity index (χ4v) is 1.85. The second kappa shape index (κ2) is 3.99. The molecule has 0 radical (unpaired) electrons. The van der Waals surface area contributed by atoms with Gasteiger partial charge in [0.15, 0.2) is 11.5 Å².